The number of nitrogens with one attached hydrogen (secondary N) is 1. The molecular formula is C22H22N6. The Labute approximate surface area is 164 Å². The average molecular weight is 370 g/mol. The summed E-state index contributed by atoms with van der Waals surface area (Å²) in [5.41, 5.74) is 9.69. The molecule has 6 nitrogen and oxygen atoms in total. The Morgan fingerprint density at radius 2 is 1.54 bits per heavy atom. The summed E-state index contributed by atoms with van der Waals surface area (Å²) in [6, 6.07) is 10.3. The highest BCUT2D eigenvalue weighted by Crippen LogP contribution is 2.35. The predicted octanol–water partition coefficient (Wildman–Crippen LogP) is 4.37. The second-order valence-corrected chi connectivity index (χ2v) is 7.16. The first-order valence-electron chi connectivity index (χ1n) is 9.22. The van der Waals surface area contributed by atoms with Gasteiger partial charge in [0.25, 0.3) is 0 Å². The Morgan fingerprint density at radius 3 is 2.07 bits per heavy atom. The van der Waals surface area contributed by atoms with Crippen molar-refractivity contribution in [2.24, 2.45) is 4.99 Å². The number of aliphatic imine (C=N–C) groups is 1. The van der Waals surface area contributed by atoms with Gasteiger partial charge in [-0.25, -0.2) is 0 Å². The van der Waals surface area contributed by atoms with E-state index in [0.29, 0.717) is 11.6 Å². The average Bonchev–Trinajstić information content (AvgIpc) is 3.17. The smallest absolute Gasteiger partial charge is 0.203 e. The molecule has 0 atom stereocenters. The summed E-state index contributed by atoms with van der Waals surface area (Å²) in [7, 11) is 0. The number of H-pyrrole nitrogens is 1. The summed E-state index contributed by atoms with van der Waals surface area (Å²) < 4.78 is 0. The highest BCUT2D eigenvalue weighted by Gasteiger charge is 2.20. The first kappa shape index (κ1) is 18.0. The van der Waals surface area contributed by atoms with E-state index in [1.807, 2.05) is 19.1 Å². The molecule has 6 heteroatoms. The van der Waals surface area contributed by atoms with Crippen molar-refractivity contribution in [2.75, 3.05) is 0 Å². The lowest BCUT2D eigenvalue weighted by Gasteiger charge is -2.12. The van der Waals surface area contributed by atoms with Crippen LogP contribution in [0, 0.1) is 20.8 Å². The SMILES string of the molecule is CC1=CC(C)=N/C1=C(/c1ccc(-c2nnc(C)nn2)cc1)c1[nH]c(C)cc1C. The van der Waals surface area contributed by atoms with E-state index in [4.69, 9.17) is 4.99 Å². The van der Waals surface area contributed by atoms with E-state index in [1.165, 1.54) is 11.1 Å². The molecule has 1 aliphatic rings. The molecule has 1 aromatic carbocycles. The Morgan fingerprint density at radius 1 is 0.857 bits per heavy atom. The molecule has 0 saturated carbocycles. The lowest BCUT2D eigenvalue weighted by Crippen LogP contribution is -1.99. The molecule has 1 N–H and O–H groups in total. The lowest BCUT2D eigenvalue weighted by molar-refractivity contribution is 0.816. The number of aromatic amines is 1. The lowest BCUT2D eigenvalue weighted by atomic mass is 9.95. The zero-order chi connectivity index (χ0) is 19.8. The maximum Gasteiger partial charge on any atom is 0.203 e. The van der Waals surface area contributed by atoms with Crippen LogP contribution in [0.2, 0.25) is 0 Å². The molecule has 0 amide bonds. The molecule has 4 rings (SSSR count). The number of nitrogens with zero attached hydrogens (tertiary/aromatic N) is 5. The molecule has 2 aromatic heterocycles. The van der Waals surface area contributed by atoms with Crippen molar-refractivity contribution < 1.29 is 0 Å². The van der Waals surface area contributed by atoms with Crippen LogP contribution >= 0.6 is 0 Å². The number of benzene rings is 1. The zero-order valence-corrected chi connectivity index (χ0v) is 16.7. The highest BCUT2D eigenvalue weighted by atomic mass is 15.3. The highest BCUT2D eigenvalue weighted by molar-refractivity contribution is 6.01. The van der Waals surface area contributed by atoms with Gasteiger partial charge in [-0.2, -0.15) is 0 Å². The van der Waals surface area contributed by atoms with Crippen LogP contribution in [0.4, 0.5) is 0 Å². The number of aryl methyl sites for hydroxylation is 3. The normalized spacial score (nSPS) is 15.5. The van der Waals surface area contributed by atoms with Crippen LogP contribution in [-0.2, 0) is 0 Å². The van der Waals surface area contributed by atoms with Gasteiger partial charge in [0.2, 0.25) is 5.82 Å². The van der Waals surface area contributed by atoms with Gasteiger partial charge in [0.05, 0.1) is 11.4 Å². The molecule has 1 aliphatic heterocycles. The first-order chi connectivity index (χ1) is 13.4. The predicted molar refractivity (Wildman–Crippen MR) is 111 cm³/mol. The number of allylic oxidation sites excluding steroid dienone is 2. The molecule has 0 spiro atoms. The summed E-state index contributed by atoms with van der Waals surface area (Å²) in [5.74, 6) is 1.07. The van der Waals surface area contributed by atoms with Crippen molar-refractivity contribution in [3.63, 3.8) is 0 Å². The van der Waals surface area contributed by atoms with E-state index in [0.717, 1.165) is 39.5 Å². The molecule has 28 heavy (non-hydrogen) atoms. The Hall–Kier alpha value is -3.41. The molecule has 0 aliphatic carbocycles. The minimum Gasteiger partial charge on any atom is -0.358 e. The molecule has 0 unspecified atom stereocenters. The van der Waals surface area contributed by atoms with Gasteiger partial charge in [-0.05, 0) is 63.5 Å². The fraction of sp³-hybridized carbons (Fsp3) is 0.227. The van der Waals surface area contributed by atoms with Crippen LogP contribution in [0.15, 0.2) is 52.7 Å². The minimum absolute atomic E-state index is 0.518. The van der Waals surface area contributed by atoms with E-state index in [2.05, 4.69) is 70.4 Å². The maximum absolute atomic E-state index is 4.80. The minimum atomic E-state index is 0.518. The monoisotopic (exact) mass is 370 g/mol. The first-order valence-corrected chi connectivity index (χ1v) is 9.22. The fourth-order valence-electron chi connectivity index (χ4n) is 3.50. The molecule has 0 fully saturated rings. The van der Waals surface area contributed by atoms with Crippen LogP contribution in [0.3, 0.4) is 0 Å². The third-order valence-corrected chi connectivity index (χ3v) is 4.73. The zero-order valence-electron chi connectivity index (χ0n) is 16.7. The van der Waals surface area contributed by atoms with E-state index >= 15 is 0 Å². The molecule has 3 aromatic rings. The van der Waals surface area contributed by atoms with Crippen LogP contribution in [-0.4, -0.2) is 31.1 Å². The summed E-state index contributed by atoms with van der Waals surface area (Å²) in [5, 5.41) is 16.2. The number of hydrogen-bond acceptors (Lipinski definition) is 5. The standard InChI is InChI=1S/C22H22N6/c1-12-10-14(3)23-20(12)19(21-13(2)11-15(4)24-21)17-6-8-18(9-7-17)22-27-25-16(5)26-28-22/h6-11,23H,1-5H3/b21-19-. The Balaban J connectivity index is 1.84. The van der Waals surface area contributed by atoms with Crippen LogP contribution in [0.5, 0.6) is 0 Å². The van der Waals surface area contributed by atoms with E-state index in [1.54, 1.807) is 6.92 Å². The van der Waals surface area contributed by atoms with Crippen LogP contribution in [0.1, 0.15) is 42.2 Å². The van der Waals surface area contributed by atoms with Crippen molar-refractivity contribution in [3.8, 4) is 11.4 Å². The number of rotatable bonds is 3. The third kappa shape index (κ3) is 3.29. The third-order valence-electron chi connectivity index (χ3n) is 4.73. The molecule has 3 heterocycles. The summed E-state index contributed by atoms with van der Waals surface area (Å²) in [4.78, 5) is 8.31. The van der Waals surface area contributed by atoms with Gasteiger partial charge in [0.15, 0.2) is 5.82 Å². The second kappa shape index (κ2) is 6.96. The topological polar surface area (TPSA) is 79.7 Å². The molecule has 0 radical (unpaired) electrons. The van der Waals surface area contributed by atoms with Crippen molar-refractivity contribution in [2.45, 2.75) is 34.6 Å². The Bertz CT molecular complexity index is 1130. The summed E-state index contributed by atoms with van der Waals surface area (Å²) >= 11 is 0. The van der Waals surface area contributed by atoms with Gasteiger partial charge in [-0.15, -0.1) is 20.4 Å². The fourth-order valence-corrected chi connectivity index (χ4v) is 3.50. The van der Waals surface area contributed by atoms with Crippen molar-refractivity contribution >= 4 is 11.3 Å². The van der Waals surface area contributed by atoms with Gasteiger partial charge >= 0.3 is 0 Å². The van der Waals surface area contributed by atoms with Crippen LogP contribution in [0.25, 0.3) is 17.0 Å². The van der Waals surface area contributed by atoms with E-state index in [9.17, 15) is 0 Å². The summed E-state index contributed by atoms with van der Waals surface area (Å²) in [6.45, 7) is 10.1. The van der Waals surface area contributed by atoms with Gasteiger partial charge in [-0.1, -0.05) is 24.3 Å². The van der Waals surface area contributed by atoms with E-state index in [-0.39, 0.29) is 0 Å². The largest absolute Gasteiger partial charge is 0.358 e. The molecule has 140 valence electrons. The van der Waals surface area contributed by atoms with Crippen molar-refractivity contribution in [1.82, 2.24) is 25.4 Å². The van der Waals surface area contributed by atoms with Gasteiger partial charge in [0, 0.05) is 22.5 Å². The van der Waals surface area contributed by atoms with Gasteiger partial charge in [-0.3, -0.25) is 4.99 Å². The van der Waals surface area contributed by atoms with Crippen molar-refractivity contribution in [1.29, 1.82) is 0 Å². The van der Waals surface area contributed by atoms with Gasteiger partial charge < -0.3 is 4.98 Å². The van der Waals surface area contributed by atoms with Crippen LogP contribution < -0.4 is 0 Å². The second-order valence-electron chi connectivity index (χ2n) is 7.16. The maximum atomic E-state index is 4.80. The Kier molecular flexibility index (Phi) is 4.47. The van der Waals surface area contributed by atoms with Crippen molar-refractivity contribution in [3.05, 3.63) is 76.0 Å². The number of aromatic nitrogens is 5. The molecule has 0 saturated heterocycles. The molecular weight excluding hydrogens is 348 g/mol. The van der Waals surface area contributed by atoms with Gasteiger partial charge in [0.1, 0.15) is 0 Å². The molecule has 0 bridgehead atoms. The number of hydrogen-bond donors (Lipinski definition) is 1. The van der Waals surface area contributed by atoms with E-state index < -0.39 is 0 Å². The summed E-state index contributed by atoms with van der Waals surface area (Å²) in [6.07, 6.45) is 2.12. The quantitative estimate of drug-likeness (QED) is 0.742.